The van der Waals surface area contributed by atoms with Crippen molar-refractivity contribution >= 4 is 29.3 Å². The largest absolute Gasteiger partial charge is 0.486 e. The summed E-state index contributed by atoms with van der Waals surface area (Å²) < 4.78 is 12.5. The Balaban J connectivity index is 1.52. The summed E-state index contributed by atoms with van der Waals surface area (Å²) in [6.45, 7) is 4.33. The zero-order valence-corrected chi connectivity index (χ0v) is 18.4. The number of rotatable bonds is 9. The molecular formula is C22H24N4O4S. The van der Waals surface area contributed by atoms with Crippen molar-refractivity contribution < 1.29 is 19.1 Å². The van der Waals surface area contributed by atoms with Gasteiger partial charge < -0.3 is 19.4 Å². The predicted molar refractivity (Wildman–Crippen MR) is 118 cm³/mol. The molecule has 0 aliphatic rings. The summed E-state index contributed by atoms with van der Waals surface area (Å²) in [6.07, 6.45) is 0. The average molecular weight is 441 g/mol. The van der Waals surface area contributed by atoms with E-state index in [1.807, 2.05) is 38.2 Å². The van der Waals surface area contributed by atoms with Crippen LogP contribution in [0.4, 0.5) is 5.69 Å². The molecular weight excluding hydrogens is 416 g/mol. The quantitative estimate of drug-likeness (QED) is 0.401. The molecule has 1 aromatic heterocycles. The van der Waals surface area contributed by atoms with Crippen LogP contribution in [-0.2, 0) is 23.2 Å². The number of benzene rings is 2. The second-order valence-electron chi connectivity index (χ2n) is 6.70. The maximum absolute atomic E-state index is 12.3. The first kappa shape index (κ1) is 22.4. The normalized spacial score (nSPS) is 10.5. The van der Waals surface area contributed by atoms with Crippen LogP contribution in [0.15, 0.2) is 53.7 Å². The molecule has 1 heterocycles. The lowest BCUT2D eigenvalue weighted by Gasteiger charge is -2.08. The maximum atomic E-state index is 12.3. The lowest BCUT2D eigenvalue weighted by Crippen LogP contribution is -2.15. The van der Waals surface area contributed by atoms with E-state index in [0.717, 1.165) is 11.3 Å². The van der Waals surface area contributed by atoms with Gasteiger partial charge in [0.25, 0.3) is 0 Å². The minimum absolute atomic E-state index is 0.147. The number of carbonyl (C=O) groups is 2. The van der Waals surface area contributed by atoms with Crippen LogP contribution < -0.4 is 10.1 Å². The summed E-state index contributed by atoms with van der Waals surface area (Å²) in [5.41, 5.74) is 2.08. The van der Waals surface area contributed by atoms with E-state index >= 15 is 0 Å². The Morgan fingerprint density at radius 3 is 2.65 bits per heavy atom. The van der Waals surface area contributed by atoms with Crippen LogP contribution in [0.3, 0.4) is 0 Å². The molecule has 8 nitrogen and oxygen atoms in total. The van der Waals surface area contributed by atoms with Gasteiger partial charge in [-0.15, -0.1) is 10.2 Å². The maximum Gasteiger partial charge on any atom is 0.338 e. The smallest absolute Gasteiger partial charge is 0.338 e. The van der Waals surface area contributed by atoms with Crippen LogP contribution in [0.2, 0.25) is 0 Å². The molecule has 162 valence electrons. The summed E-state index contributed by atoms with van der Waals surface area (Å²) in [4.78, 5) is 24.1. The van der Waals surface area contributed by atoms with E-state index in [-0.39, 0.29) is 18.3 Å². The molecule has 1 N–H and O–H groups in total. The van der Waals surface area contributed by atoms with E-state index in [2.05, 4.69) is 15.5 Å². The van der Waals surface area contributed by atoms with Gasteiger partial charge in [-0.1, -0.05) is 35.5 Å². The highest BCUT2D eigenvalue weighted by Gasteiger charge is 2.13. The number of esters is 1. The van der Waals surface area contributed by atoms with E-state index in [0.29, 0.717) is 28.8 Å². The van der Waals surface area contributed by atoms with Gasteiger partial charge in [0.2, 0.25) is 5.91 Å². The van der Waals surface area contributed by atoms with Crippen molar-refractivity contribution in [1.29, 1.82) is 0 Å². The number of hydrogen-bond acceptors (Lipinski definition) is 7. The minimum atomic E-state index is -0.424. The monoisotopic (exact) mass is 440 g/mol. The van der Waals surface area contributed by atoms with Gasteiger partial charge in [0.15, 0.2) is 11.0 Å². The molecule has 3 aromatic rings. The Kier molecular flexibility index (Phi) is 7.66. The first-order valence-corrected chi connectivity index (χ1v) is 10.7. The van der Waals surface area contributed by atoms with Crippen LogP contribution in [-0.4, -0.2) is 39.0 Å². The third-order valence-electron chi connectivity index (χ3n) is 4.30. The summed E-state index contributed by atoms with van der Waals surface area (Å²) in [5, 5.41) is 11.7. The van der Waals surface area contributed by atoms with Gasteiger partial charge in [-0.05, 0) is 44.2 Å². The predicted octanol–water partition coefficient (Wildman–Crippen LogP) is 3.61. The average Bonchev–Trinajstić information content (AvgIpc) is 3.11. The van der Waals surface area contributed by atoms with Crippen molar-refractivity contribution in [2.24, 2.45) is 7.05 Å². The molecule has 3 rings (SSSR count). The van der Waals surface area contributed by atoms with Crippen molar-refractivity contribution in [3.8, 4) is 5.75 Å². The van der Waals surface area contributed by atoms with Crippen molar-refractivity contribution in [1.82, 2.24) is 14.8 Å². The molecule has 0 aliphatic carbocycles. The lowest BCUT2D eigenvalue weighted by atomic mass is 10.2. The second-order valence-corrected chi connectivity index (χ2v) is 7.64. The first-order chi connectivity index (χ1) is 15.0. The fourth-order valence-corrected chi connectivity index (χ4v) is 3.37. The minimum Gasteiger partial charge on any atom is -0.486 e. The molecule has 0 fully saturated rings. The van der Waals surface area contributed by atoms with E-state index < -0.39 is 5.97 Å². The molecule has 9 heteroatoms. The van der Waals surface area contributed by atoms with Gasteiger partial charge in [-0.25, -0.2) is 4.79 Å². The van der Waals surface area contributed by atoms with Gasteiger partial charge in [0, 0.05) is 12.7 Å². The highest BCUT2D eigenvalue weighted by atomic mass is 32.2. The molecule has 31 heavy (non-hydrogen) atoms. The molecule has 0 aliphatic heterocycles. The number of nitrogens with zero attached hydrogens (tertiary/aromatic N) is 3. The number of ether oxygens (including phenoxy) is 2. The van der Waals surface area contributed by atoms with Crippen molar-refractivity contribution in [3.63, 3.8) is 0 Å². The van der Waals surface area contributed by atoms with Crippen molar-refractivity contribution in [2.45, 2.75) is 25.6 Å². The number of aryl methyl sites for hydroxylation is 1. The summed E-state index contributed by atoms with van der Waals surface area (Å²) >= 11 is 1.27. The molecule has 0 saturated carbocycles. The molecule has 0 atom stereocenters. The van der Waals surface area contributed by atoms with Crippen LogP contribution in [0.5, 0.6) is 5.75 Å². The van der Waals surface area contributed by atoms with Crippen LogP contribution in [0, 0.1) is 6.92 Å². The third-order valence-corrected chi connectivity index (χ3v) is 5.32. The van der Waals surface area contributed by atoms with Crippen LogP contribution in [0.1, 0.15) is 28.7 Å². The second kappa shape index (κ2) is 10.6. The van der Waals surface area contributed by atoms with Gasteiger partial charge in [-0.2, -0.15) is 0 Å². The molecule has 1 amide bonds. The Morgan fingerprint density at radius 2 is 1.90 bits per heavy atom. The summed E-state index contributed by atoms with van der Waals surface area (Å²) in [6, 6.07) is 14.4. The SMILES string of the molecule is CCOC(=O)c1cccc(NC(=O)CSc2nnc(COc3ccc(C)cc3)n2C)c1. The number of hydrogen-bond donors (Lipinski definition) is 1. The van der Waals surface area contributed by atoms with Gasteiger partial charge in [0.1, 0.15) is 12.4 Å². The Labute approximate surface area is 185 Å². The Hall–Kier alpha value is -3.33. The fourth-order valence-electron chi connectivity index (χ4n) is 2.64. The third kappa shape index (κ3) is 6.32. The molecule has 0 unspecified atom stereocenters. The first-order valence-electron chi connectivity index (χ1n) is 9.74. The topological polar surface area (TPSA) is 95.3 Å². The van der Waals surface area contributed by atoms with E-state index in [4.69, 9.17) is 9.47 Å². The fraction of sp³-hybridized carbons (Fsp3) is 0.273. The molecule has 2 aromatic carbocycles. The van der Waals surface area contributed by atoms with Crippen molar-refractivity contribution in [2.75, 3.05) is 17.7 Å². The number of aromatic nitrogens is 3. The lowest BCUT2D eigenvalue weighted by molar-refractivity contribution is -0.113. The molecule has 0 radical (unpaired) electrons. The number of amides is 1. The van der Waals surface area contributed by atoms with E-state index in [1.165, 1.54) is 11.8 Å². The van der Waals surface area contributed by atoms with E-state index in [9.17, 15) is 9.59 Å². The highest BCUT2D eigenvalue weighted by molar-refractivity contribution is 7.99. The number of thioether (sulfide) groups is 1. The molecule has 0 spiro atoms. The molecule has 0 saturated heterocycles. The standard InChI is InChI=1S/C22H24N4O4S/c1-4-29-21(28)16-6-5-7-17(12-16)23-20(27)14-31-22-25-24-19(26(22)3)13-30-18-10-8-15(2)9-11-18/h5-12H,4,13-14H2,1-3H3,(H,23,27). The summed E-state index contributed by atoms with van der Waals surface area (Å²) in [7, 11) is 1.83. The zero-order chi connectivity index (χ0) is 22.2. The van der Waals surface area contributed by atoms with Gasteiger partial charge in [-0.3, -0.25) is 4.79 Å². The van der Waals surface area contributed by atoms with E-state index in [1.54, 1.807) is 35.8 Å². The van der Waals surface area contributed by atoms with Gasteiger partial charge >= 0.3 is 5.97 Å². The highest BCUT2D eigenvalue weighted by Crippen LogP contribution is 2.19. The summed E-state index contributed by atoms with van der Waals surface area (Å²) in [5.74, 6) is 0.922. The number of carbonyl (C=O) groups excluding carboxylic acids is 2. The Bertz CT molecular complexity index is 1050. The van der Waals surface area contributed by atoms with Crippen LogP contribution >= 0.6 is 11.8 Å². The number of anilines is 1. The van der Waals surface area contributed by atoms with Crippen molar-refractivity contribution in [3.05, 3.63) is 65.5 Å². The number of nitrogens with one attached hydrogen (secondary N) is 1. The zero-order valence-electron chi connectivity index (χ0n) is 17.6. The molecule has 0 bridgehead atoms. The Morgan fingerprint density at radius 1 is 1.13 bits per heavy atom. The van der Waals surface area contributed by atoms with Gasteiger partial charge in [0.05, 0.1) is 17.9 Å². The van der Waals surface area contributed by atoms with Crippen LogP contribution in [0.25, 0.3) is 0 Å².